The lowest BCUT2D eigenvalue weighted by molar-refractivity contribution is 0.0788. The quantitative estimate of drug-likeness (QED) is 0.784. The van der Waals surface area contributed by atoms with Gasteiger partial charge in [-0.3, -0.25) is 9.20 Å². The highest BCUT2D eigenvalue weighted by Gasteiger charge is 2.27. The molecule has 0 aliphatic carbocycles. The van der Waals surface area contributed by atoms with E-state index < -0.39 is 0 Å². The second kappa shape index (κ2) is 4.45. The molecule has 0 radical (unpaired) electrons. The highest BCUT2D eigenvalue weighted by atomic mass is 32.1. The van der Waals surface area contributed by atoms with Crippen LogP contribution in [0.2, 0.25) is 0 Å². The fourth-order valence-electron chi connectivity index (χ4n) is 2.63. The van der Waals surface area contributed by atoms with Crippen molar-refractivity contribution in [2.45, 2.75) is 12.8 Å². The lowest BCUT2D eigenvalue weighted by Gasteiger charge is -2.14. The van der Waals surface area contributed by atoms with Gasteiger partial charge >= 0.3 is 0 Å². The number of fused-ring (bicyclic) bond motifs is 1. The lowest BCUT2D eigenvalue weighted by atomic mass is 10.2. The van der Waals surface area contributed by atoms with E-state index in [9.17, 15) is 4.79 Å². The minimum absolute atomic E-state index is 0.00444. The van der Waals surface area contributed by atoms with E-state index in [1.165, 1.54) is 11.3 Å². The van der Waals surface area contributed by atoms with Gasteiger partial charge < -0.3 is 9.88 Å². The predicted molar refractivity (Wildman–Crippen MR) is 75.8 cm³/mol. The van der Waals surface area contributed by atoms with Crippen LogP contribution in [0, 0.1) is 0 Å². The molecule has 1 saturated heterocycles. The Bertz CT molecular complexity index is 751. The van der Waals surface area contributed by atoms with Crippen molar-refractivity contribution in [2.24, 2.45) is 0 Å². The van der Waals surface area contributed by atoms with Crippen LogP contribution in [0.4, 0.5) is 0 Å². The molecule has 1 aliphatic heterocycles. The first-order valence-corrected chi connectivity index (χ1v) is 7.47. The number of H-pyrrole nitrogens is 1. The standard InChI is InChI=1S/C13H13N5OS/c19-12(17-5-1-2-6-17)9-10(11-14-3-4-15-11)18-7-8-20-13(18)16-9/h3-4,7-8H,1-2,5-6H2,(H,14,15). The molecular weight excluding hydrogens is 274 g/mol. The van der Waals surface area contributed by atoms with E-state index >= 15 is 0 Å². The number of aromatic nitrogens is 4. The average molecular weight is 287 g/mol. The van der Waals surface area contributed by atoms with E-state index in [2.05, 4.69) is 15.0 Å². The zero-order chi connectivity index (χ0) is 13.5. The van der Waals surface area contributed by atoms with E-state index in [1.807, 2.05) is 20.9 Å². The molecule has 7 heteroatoms. The van der Waals surface area contributed by atoms with Gasteiger partial charge in [0.1, 0.15) is 5.69 Å². The number of rotatable bonds is 2. The third kappa shape index (κ3) is 1.66. The van der Waals surface area contributed by atoms with Crippen molar-refractivity contribution >= 4 is 22.2 Å². The number of hydrogen-bond donors (Lipinski definition) is 1. The Morgan fingerprint density at radius 3 is 2.95 bits per heavy atom. The number of hydrogen-bond acceptors (Lipinski definition) is 4. The first-order valence-electron chi connectivity index (χ1n) is 6.59. The molecule has 0 atom stereocenters. The summed E-state index contributed by atoms with van der Waals surface area (Å²) in [5, 5.41) is 1.96. The molecule has 102 valence electrons. The molecule has 1 N–H and O–H groups in total. The molecule has 3 aromatic heterocycles. The van der Waals surface area contributed by atoms with Gasteiger partial charge in [-0.05, 0) is 12.8 Å². The number of carbonyl (C=O) groups excluding carboxylic acids is 1. The maximum Gasteiger partial charge on any atom is 0.274 e. The highest BCUT2D eigenvalue weighted by Crippen LogP contribution is 2.26. The Morgan fingerprint density at radius 2 is 2.20 bits per heavy atom. The van der Waals surface area contributed by atoms with Crippen LogP contribution in [-0.2, 0) is 0 Å². The summed E-state index contributed by atoms with van der Waals surface area (Å²) in [6.45, 7) is 1.64. The second-order valence-electron chi connectivity index (χ2n) is 4.80. The van der Waals surface area contributed by atoms with Crippen LogP contribution in [0.5, 0.6) is 0 Å². The molecule has 4 rings (SSSR count). The molecule has 3 aromatic rings. The number of likely N-dealkylation sites (tertiary alicyclic amines) is 1. The van der Waals surface area contributed by atoms with E-state index in [1.54, 1.807) is 12.4 Å². The van der Waals surface area contributed by atoms with Crippen molar-refractivity contribution in [3.05, 3.63) is 29.7 Å². The Balaban J connectivity index is 1.88. The first kappa shape index (κ1) is 11.7. The van der Waals surface area contributed by atoms with Crippen molar-refractivity contribution in [1.82, 2.24) is 24.3 Å². The van der Waals surface area contributed by atoms with Crippen molar-refractivity contribution in [1.29, 1.82) is 0 Å². The molecule has 0 unspecified atom stereocenters. The molecule has 0 aromatic carbocycles. The van der Waals surface area contributed by atoms with E-state index in [-0.39, 0.29) is 5.91 Å². The smallest absolute Gasteiger partial charge is 0.274 e. The summed E-state index contributed by atoms with van der Waals surface area (Å²) >= 11 is 1.52. The van der Waals surface area contributed by atoms with Gasteiger partial charge in [0.05, 0.1) is 0 Å². The van der Waals surface area contributed by atoms with Crippen molar-refractivity contribution < 1.29 is 4.79 Å². The normalized spacial score (nSPS) is 15.3. The van der Waals surface area contributed by atoms with E-state index in [0.29, 0.717) is 11.5 Å². The number of nitrogens with one attached hydrogen (secondary N) is 1. The van der Waals surface area contributed by atoms with Gasteiger partial charge in [-0.25, -0.2) is 9.97 Å². The van der Waals surface area contributed by atoms with E-state index in [0.717, 1.165) is 36.6 Å². The third-order valence-corrected chi connectivity index (χ3v) is 4.34. The molecular formula is C13H13N5OS. The Kier molecular flexibility index (Phi) is 2.59. The Morgan fingerprint density at radius 1 is 1.35 bits per heavy atom. The third-order valence-electron chi connectivity index (χ3n) is 3.58. The summed E-state index contributed by atoms with van der Waals surface area (Å²) in [7, 11) is 0. The van der Waals surface area contributed by atoms with Gasteiger partial charge in [0.2, 0.25) is 0 Å². The molecule has 20 heavy (non-hydrogen) atoms. The lowest BCUT2D eigenvalue weighted by Crippen LogP contribution is -2.28. The SMILES string of the molecule is O=C(c1nc2sccn2c1-c1ncc[nH]1)N1CCCC1. The van der Waals surface area contributed by atoms with Gasteiger partial charge in [0, 0.05) is 37.1 Å². The number of carbonyl (C=O) groups is 1. The van der Waals surface area contributed by atoms with Crippen molar-refractivity contribution in [3.63, 3.8) is 0 Å². The summed E-state index contributed by atoms with van der Waals surface area (Å²) in [4.78, 5) is 27.2. The maximum atomic E-state index is 12.6. The van der Waals surface area contributed by atoms with E-state index in [4.69, 9.17) is 0 Å². The van der Waals surface area contributed by atoms with Crippen LogP contribution >= 0.6 is 11.3 Å². The number of thiazole rings is 1. The van der Waals surface area contributed by atoms with Crippen LogP contribution in [-0.4, -0.2) is 43.2 Å². The molecule has 1 amide bonds. The molecule has 0 saturated carbocycles. The number of nitrogens with zero attached hydrogens (tertiary/aromatic N) is 4. The van der Waals surface area contributed by atoms with Crippen LogP contribution in [0.15, 0.2) is 24.0 Å². The maximum absolute atomic E-state index is 12.6. The molecule has 1 fully saturated rings. The fourth-order valence-corrected chi connectivity index (χ4v) is 3.34. The largest absolute Gasteiger partial charge is 0.343 e. The Labute approximate surface area is 119 Å². The van der Waals surface area contributed by atoms with Crippen LogP contribution in [0.3, 0.4) is 0 Å². The average Bonchev–Trinajstić information content (AvgIpc) is 3.20. The Hall–Kier alpha value is -2.15. The predicted octanol–water partition coefficient (Wildman–Crippen LogP) is 2.02. The van der Waals surface area contributed by atoms with Gasteiger partial charge in [-0.15, -0.1) is 11.3 Å². The van der Waals surface area contributed by atoms with Crippen LogP contribution < -0.4 is 0 Å². The summed E-state index contributed by atoms with van der Waals surface area (Å²) < 4.78 is 1.92. The van der Waals surface area contributed by atoms with Crippen molar-refractivity contribution in [2.75, 3.05) is 13.1 Å². The zero-order valence-electron chi connectivity index (χ0n) is 10.7. The first-order chi connectivity index (χ1) is 9.84. The molecule has 4 heterocycles. The summed E-state index contributed by atoms with van der Waals surface area (Å²) in [6, 6.07) is 0. The van der Waals surface area contributed by atoms with Gasteiger partial charge in [0.25, 0.3) is 5.91 Å². The summed E-state index contributed by atoms with van der Waals surface area (Å²) in [5.74, 6) is 0.684. The minimum atomic E-state index is 0.00444. The van der Waals surface area contributed by atoms with Crippen LogP contribution in [0.1, 0.15) is 23.3 Å². The molecule has 1 aliphatic rings. The van der Waals surface area contributed by atoms with Crippen molar-refractivity contribution in [3.8, 4) is 11.5 Å². The number of amides is 1. The second-order valence-corrected chi connectivity index (χ2v) is 5.67. The van der Waals surface area contributed by atoms with Gasteiger partial charge in [0.15, 0.2) is 16.5 Å². The topological polar surface area (TPSA) is 66.3 Å². The minimum Gasteiger partial charge on any atom is -0.343 e. The summed E-state index contributed by atoms with van der Waals surface area (Å²) in [5.41, 5.74) is 1.25. The monoisotopic (exact) mass is 287 g/mol. The molecule has 6 nitrogen and oxygen atoms in total. The molecule has 0 spiro atoms. The van der Waals surface area contributed by atoms with Gasteiger partial charge in [-0.1, -0.05) is 0 Å². The summed E-state index contributed by atoms with van der Waals surface area (Å²) in [6.07, 6.45) is 7.51. The molecule has 0 bridgehead atoms. The highest BCUT2D eigenvalue weighted by molar-refractivity contribution is 7.15. The van der Waals surface area contributed by atoms with Crippen LogP contribution in [0.25, 0.3) is 16.5 Å². The van der Waals surface area contributed by atoms with Gasteiger partial charge in [-0.2, -0.15) is 0 Å². The number of imidazole rings is 2. The fraction of sp³-hybridized carbons (Fsp3) is 0.308. The zero-order valence-corrected chi connectivity index (χ0v) is 11.6. The number of aromatic amines is 1.